The van der Waals surface area contributed by atoms with Crippen molar-refractivity contribution in [3.8, 4) is 5.75 Å². The summed E-state index contributed by atoms with van der Waals surface area (Å²) in [7, 11) is 0. The molecule has 1 rings (SSSR count). The van der Waals surface area contributed by atoms with E-state index in [2.05, 4.69) is 29.3 Å². The van der Waals surface area contributed by atoms with Gasteiger partial charge in [-0.15, -0.1) is 0 Å². The standard InChI is InChI=1S/C13H17NOS/c1-2-3-4-7-10-15-13-9-6-5-8-12(13)14-11-16/h5-6,8-9H,2-4,7,10H2,1H3. The van der Waals surface area contributed by atoms with Crippen LogP contribution in [0.4, 0.5) is 5.69 Å². The molecule has 0 radical (unpaired) electrons. The average molecular weight is 235 g/mol. The van der Waals surface area contributed by atoms with Crippen molar-refractivity contribution in [2.24, 2.45) is 4.99 Å². The maximum atomic E-state index is 5.66. The zero-order chi connectivity index (χ0) is 11.6. The van der Waals surface area contributed by atoms with E-state index in [1.54, 1.807) is 0 Å². The fourth-order valence-corrected chi connectivity index (χ4v) is 1.53. The Labute approximate surface area is 102 Å². The molecular formula is C13H17NOS. The van der Waals surface area contributed by atoms with Gasteiger partial charge in [-0.1, -0.05) is 38.3 Å². The van der Waals surface area contributed by atoms with Crippen LogP contribution >= 0.6 is 12.2 Å². The number of rotatable bonds is 7. The number of nitrogens with zero attached hydrogens (tertiary/aromatic N) is 1. The van der Waals surface area contributed by atoms with Crippen molar-refractivity contribution in [3.63, 3.8) is 0 Å². The lowest BCUT2D eigenvalue weighted by molar-refractivity contribution is 0.306. The van der Waals surface area contributed by atoms with Crippen molar-refractivity contribution in [1.29, 1.82) is 0 Å². The Bertz CT molecular complexity index is 359. The zero-order valence-electron chi connectivity index (χ0n) is 9.61. The van der Waals surface area contributed by atoms with E-state index >= 15 is 0 Å². The molecule has 1 aromatic rings. The van der Waals surface area contributed by atoms with Gasteiger partial charge in [-0.2, -0.15) is 4.99 Å². The summed E-state index contributed by atoms with van der Waals surface area (Å²) in [5.74, 6) is 0.788. The molecule has 0 aliphatic heterocycles. The van der Waals surface area contributed by atoms with Crippen molar-refractivity contribution in [1.82, 2.24) is 0 Å². The summed E-state index contributed by atoms with van der Waals surface area (Å²) in [5.41, 5.74) is 0.757. The van der Waals surface area contributed by atoms with Crippen molar-refractivity contribution < 1.29 is 4.74 Å². The number of unbranched alkanes of at least 4 members (excludes halogenated alkanes) is 3. The van der Waals surface area contributed by atoms with Crippen LogP contribution in [0.2, 0.25) is 0 Å². The van der Waals surface area contributed by atoms with Gasteiger partial charge in [-0.25, -0.2) is 0 Å². The predicted molar refractivity (Wildman–Crippen MR) is 70.8 cm³/mol. The molecule has 0 amide bonds. The Hall–Kier alpha value is -1.18. The molecule has 0 unspecified atom stereocenters. The topological polar surface area (TPSA) is 21.6 Å². The molecule has 0 spiro atoms. The lowest BCUT2D eigenvalue weighted by Gasteiger charge is -2.07. The highest BCUT2D eigenvalue weighted by Crippen LogP contribution is 2.26. The summed E-state index contributed by atoms with van der Waals surface area (Å²) in [6, 6.07) is 7.63. The number of ether oxygens (including phenoxy) is 1. The average Bonchev–Trinajstić information content (AvgIpc) is 2.31. The third-order valence-electron chi connectivity index (χ3n) is 2.29. The van der Waals surface area contributed by atoms with Crippen molar-refractivity contribution in [2.45, 2.75) is 32.6 Å². The second-order valence-electron chi connectivity index (χ2n) is 3.58. The van der Waals surface area contributed by atoms with Crippen LogP contribution in [-0.4, -0.2) is 11.8 Å². The third kappa shape index (κ3) is 4.56. The zero-order valence-corrected chi connectivity index (χ0v) is 10.4. The fraction of sp³-hybridized carbons (Fsp3) is 0.462. The second-order valence-corrected chi connectivity index (χ2v) is 3.76. The Balaban J connectivity index is 2.43. The van der Waals surface area contributed by atoms with Gasteiger partial charge in [-0.05, 0) is 30.8 Å². The first-order valence-corrected chi connectivity index (χ1v) is 6.09. The van der Waals surface area contributed by atoms with Crippen molar-refractivity contribution >= 4 is 23.1 Å². The molecule has 0 aliphatic rings. The minimum atomic E-state index is 0.740. The van der Waals surface area contributed by atoms with Gasteiger partial charge in [0.05, 0.1) is 11.8 Å². The molecule has 0 saturated carbocycles. The number of hydrogen-bond acceptors (Lipinski definition) is 3. The molecule has 0 saturated heterocycles. The van der Waals surface area contributed by atoms with Gasteiger partial charge in [0.1, 0.15) is 11.4 Å². The molecule has 0 bridgehead atoms. The first-order valence-electron chi connectivity index (χ1n) is 5.68. The Morgan fingerprint density at radius 3 is 2.81 bits per heavy atom. The molecule has 0 fully saturated rings. The monoisotopic (exact) mass is 235 g/mol. The van der Waals surface area contributed by atoms with Crippen molar-refractivity contribution in [3.05, 3.63) is 24.3 Å². The maximum absolute atomic E-state index is 5.66. The van der Waals surface area contributed by atoms with Crippen LogP contribution < -0.4 is 4.74 Å². The first-order chi connectivity index (χ1) is 7.88. The number of para-hydroxylation sites is 2. The van der Waals surface area contributed by atoms with Crippen LogP contribution in [0.25, 0.3) is 0 Å². The summed E-state index contributed by atoms with van der Waals surface area (Å²) in [6.07, 6.45) is 4.81. The summed E-state index contributed by atoms with van der Waals surface area (Å²) < 4.78 is 5.66. The fourth-order valence-electron chi connectivity index (χ4n) is 1.43. The maximum Gasteiger partial charge on any atom is 0.145 e. The predicted octanol–water partition coefficient (Wildman–Crippen LogP) is 4.38. The van der Waals surface area contributed by atoms with Crippen LogP contribution in [-0.2, 0) is 0 Å². The molecule has 0 N–H and O–H groups in total. The van der Waals surface area contributed by atoms with E-state index in [9.17, 15) is 0 Å². The van der Waals surface area contributed by atoms with Crippen LogP contribution in [0.15, 0.2) is 29.3 Å². The summed E-state index contributed by atoms with van der Waals surface area (Å²) >= 11 is 4.59. The Morgan fingerprint density at radius 1 is 1.25 bits per heavy atom. The summed E-state index contributed by atoms with van der Waals surface area (Å²) in [6.45, 7) is 2.94. The van der Waals surface area contributed by atoms with Crippen molar-refractivity contribution in [2.75, 3.05) is 6.61 Å². The smallest absolute Gasteiger partial charge is 0.145 e. The number of aliphatic imine (C=N–C) groups is 1. The highest BCUT2D eigenvalue weighted by Gasteiger charge is 2.00. The van der Waals surface area contributed by atoms with Crippen LogP contribution in [0.5, 0.6) is 5.75 Å². The lowest BCUT2D eigenvalue weighted by Crippen LogP contribution is -1.97. The first kappa shape index (κ1) is 12.9. The summed E-state index contributed by atoms with van der Waals surface area (Å²) in [5, 5.41) is 2.36. The van der Waals surface area contributed by atoms with E-state index in [0.717, 1.165) is 24.5 Å². The number of hydrogen-bond donors (Lipinski definition) is 0. The minimum absolute atomic E-state index is 0.740. The molecule has 16 heavy (non-hydrogen) atoms. The Morgan fingerprint density at radius 2 is 2.06 bits per heavy atom. The molecule has 0 heterocycles. The normalized spacial score (nSPS) is 9.56. The molecule has 86 valence electrons. The van der Waals surface area contributed by atoms with Gasteiger partial charge in [0.15, 0.2) is 0 Å². The quantitative estimate of drug-likeness (QED) is 0.397. The van der Waals surface area contributed by atoms with E-state index in [1.807, 2.05) is 24.3 Å². The van der Waals surface area contributed by atoms with Gasteiger partial charge in [0.2, 0.25) is 0 Å². The third-order valence-corrected chi connectivity index (χ3v) is 2.38. The van der Waals surface area contributed by atoms with Gasteiger partial charge >= 0.3 is 0 Å². The molecule has 1 aromatic carbocycles. The number of isothiocyanates is 1. The largest absolute Gasteiger partial charge is 0.491 e. The van der Waals surface area contributed by atoms with E-state index in [0.29, 0.717) is 0 Å². The summed E-state index contributed by atoms with van der Waals surface area (Å²) in [4.78, 5) is 3.96. The molecule has 0 atom stereocenters. The number of benzene rings is 1. The molecule has 2 nitrogen and oxygen atoms in total. The highest BCUT2D eigenvalue weighted by molar-refractivity contribution is 7.78. The second kappa shape index (κ2) is 8.03. The van der Waals surface area contributed by atoms with E-state index in [1.165, 1.54) is 19.3 Å². The van der Waals surface area contributed by atoms with Gasteiger partial charge in [0.25, 0.3) is 0 Å². The van der Waals surface area contributed by atoms with Gasteiger partial charge < -0.3 is 4.74 Å². The van der Waals surface area contributed by atoms with E-state index in [-0.39, 0.29) is 0 Å². The van der Waals surface area contributed by atoms with E-state index < -0.39 is 0 Å². The van der Waals surface area contributed by atoms with E-state index in [4.69, 9.17) is 4.74 Å². The lowest BCUT2D eigenvalue weighted by atomic mass is 10.2. The minimum Gasteiger partial charge on any atom is -0.491 e. The Kier molecular flexibility index (Phi) is 6.47. The number of thiocarbonyl (C=S) groups is 1. The van der Waals surface area contributed by atoms with Crippen LogP contribution in [0.1, 0.15) is 32.6 Å². The molecule has 0 aliphatic carbocycles. The van der Waals surface area contributed by atoms with Gasteiger partial charge in [-0.3, -0.25) is 0 Å². The van der Waals surface area contributed by atoms with Crippen LogP contribution in [0.3, 0.4) is 0 Å². The molecule has 0 aromatic heterocycles. The van der Waals surface area contributed by atoms with Crippen LogP contribution in [0, 0.1) is 0 Å². The highest BCUT2D eigenvalue weighted by atomic mass is 32.1. The molecule has 3 heteroatoms. The molecular weight excluding hydrogens is 218 g/mol. The SMILES string of the molecule is CCCCCCOc1ccccc1N=C=S. The van der Waals surface area contributed by atoms with Gasteiger partial charge in [0, 0.05) is 0 Å².